The summed E-state index contributed by atoms with van der Waals surface area (Å²) in [5, 5.41) is 17.6. The number of hydrogen-bond acceptors (Lipinski definition) is 8. The van der Waals surface area contributed by atoms with Crippen LogP contribution in [0.3, 0.4) is 0 Å². The Bertz CT molecular complexity index is 709. The maximum atomic E-state index is 12.1. The van der Waals surface area contributed by atoms with E-state index in [1.807, 2.05) is 0 Å². The lowest BCUT2D eigenvalue weighted by Gasteiger charge is -2.11. The van der Waals surface area contributed by atoms with Gasteiger partial charge in [-0.2, -0.15) is 0 Å². The molecular formula is C19H24O9. The predicted molar refractivity (Wildman–Crippen MR) is 96.9 cm³/mol. The first kappa shape index (κ1) is 23.3. The molecule has 0 aliphatic rings. The summed E-state index contributed by atoms with van der Waals surface area (Å²) in [6, 6.07) is 5.45. The van der Waals surface area contributed by atoms with Crippen LogP contribution in [0.1, 0.15) is 34.6 Å². The van der Waals surface area contributed by atoms with E-state index in [2.05, 4.69) is 0 Å². The first-order valence-electron chi connectivity index (χ1n) is 8.54. The molecule has 0 radical (unpaired) electrons. The number of allylic oxidation sites excluding steroid dienone is 1. The number of rotatable bonds is 12. The number of carboxylic acid groups (broad SMARTS) is 1. The van der Waals surface area contributed by atoms with Gasteiger partial charge in [0.25, 0.3) is 0 Å². The fraction of sp³-hybridized carbons (Fsp3) is 0.421. The molecule has 0 spiro atoms. The van der Waals surface area contributed by atoms with Gasteiger partial charge in [-0.15, -0.1) is 0 Å². The molecule has 0 saturated carbocycles. The van der Waals surface area contributed by atoms with Crippen LogP contribution in [0.2, 0.25) is 0 Å². The summed E-state index contributed by atoms with van der Waals surface area (Å²) in [5.74, 6) is -3.03. The van der Waals surface area contributed by atoms with Crippen LogP contribution in [0, 0.1) is 0 Å². The monoisotopic (exact) mass is 396 g/mol. The number of hydrogen-bond donors (Lipinski definition) is 2. The number of aliphatic hydroxyl groups is 1. The molecule has 0 saturated heterocycles. The number of carboxylic acids is 1. The summed E-state index contributed by atoms with van der Waals surface area (Å²) in [7, 11) is 0. The van der Waals surface area contributed by atoms with Crippen LogP contribution in [0.4, 0.5) is 0 Å². The van der Waals surface area contributed by atoms with E-state index in [0.29, 0.717) is 13.2 Å². The third-order valence-corrected chi connectivity index (χ3v) is 3.55. The topological polar surface area (TPSA) is 129 Å². The van der Waals surface area contributed by atoms with Crippen molar-refractivity contribution in [2.24, 2.45) is 0 Å². The molecule has 1 aromatic carbocycles. The molecule has 0 bridgehead atoms. The lowest BCUT2D eigenvalue weighted by Crippen LogP contribution is -2.18. The molecule has 0 aliphatic carbocycles. The Morgan fingerprint density at radius 2 is 1.46 bits per heavy atom. The summed E-state index contributed by atoms with van der Waals surface area (Å²) in [6.07, 6.45) is 0. The van der Waals surface area contributed by atoms with E-state index < -0.39 is 17.9 Å². The summed E-state index contributed by atoms with van der Waals surface area (Å²) < 4.78 is 20.4. The average Bonchev–Trinajstić information content (AvgIpc) is 2.68. The van der Waals surface area contributed by atoms with Crippen molar-refractivity contribution in [2.45, 2.75) is 13.8 Å². The Kier molecular flexibility index (Phi) is 10.5. The van der Waals surface area contributed by atoms with Gasteiger partial charge in [0.15, 0.2) is 0 Å². The van der Waals surface area contributed by atoms with Crippen molar-refractivity contribution < 1.29 is 43.5 Å². The minimum atomic E-state index is -1.30. The van der Waals surface area contributed by atoms with E-state index >= 15 is 0 Å². The number of carbonyl (C=O) groups is 3. The van der Waals surface area contributed by atoms with Gasteiger partial charge < -0.3 is 29.2 Å². The molecule has 0 fully saturated rings. The average molecular weight is 396 g/mol. The number of aromatic carboxylic acids is 1. The quantitative estimate of drug-likeness (QED) is 0.177. The summed E-state index contributed by atoms with van der Waals surface area (Å²) in [5.41, 5.74) is -0.394. The van der Waals surface area contributed by atoms with Gasteiger partial charge in [0.05, 0.1) is 49.7 Å². The molecule has 2 N–H and O–H groups in total. The van der Waals surface area contributed by atoms with Crippen molar-refractivity contribution in [3.05, 3.63) is 46.7 Å². The van der Waals surface area contributed by atoms with Crippen LogP contribution in [-0.2, 0) is 23.7 Å². The maximum Gasteiger partial charge on any atom is 0.346 e. The van der Waals surface area contributed by atoms with Crippen molar-refractivity contribution in [1.29, 1.82) is 0 Å². The lowest BCUT2D eigenvalue weighted by molar-refractivity contribution is -0.133. The van der Waals surface area contributed by atoms with E-state index in [1.54, 1.807) is 0 Å². The highest BCUT2D eigenvalue weighted by Gasteiger charge is 2.21. The normalized spacial score (nSPS) is 11.5. The molecule has 0 aromatic heterocycles. The minimum absolute atomic E-state index is 0.0487. The van der Waals surface area contributed by atoms with Crippen LogP contribution >= 0.6 is 0 Å². The van der Waals surface area contributed by atoms with Crippen molar-refractivity contribution in [2.75, 3.05) is 39.6 Å². The van der Waals surface area contributed by atoms with Gasteiger partial charge >= 0.3 is 17.9 Å². The van der Waals surface area contributed by atoms with Crippen LogP contribution in [0.15, 0.2) is 35.6 Å². The number of carbonyl (C=O) groups excluding carboxylic acids is 2. The molecule has 9 heteroatoms. The van der Waals surface area contributed by atoms with Crippen LogP contribution < -0.4 is 0 Å². The Balaban J connectivity index is 2.50. The second-order valence-electron chi connectivity index (χ2n) is 5.51. The smallest absolute Gasteiger partial charge is 0.346 e. The second-order valence-corrected chi connectivity index (χ2v) is 5.51. The minimum Gasteiger partial charge on any atom is -0.495 e. The van der Waals surface area contributed by atoms with Gasteiger partial charge in [-0.05, 0) is 26.0 Å². The van der Waals surface area contributed by atoms with Gasteiger partial charge in [0, 0.05) is 0 Å². The largest absolute Gasteiger partial charge is 0.495 e. The van der Waals surface area contributed by atoms with E-state index in [1.165, 1.54) is 38.1 Å². The van der Waals surface area contributed by atoms with Gasteiger partial charge in [0.2, 0.25) is 0 Å². The van der Waals surface area contributed by atoms with Crippen LogP contribution in [0.25, 0.3) is 0 Å². The Morgan fingerprint density at radius 3 is 2.07 bits per heavy atom. The van der Waals surface area contributed by atoms with Crippen molar-refractivity contribution in [1.82, 2.24) is 0 Å². The highest BCUT2D eigenvalue weighted by atomic mass is 16.6. The van der Waals surface area contributed by atoms with E-state index in [0.717, 1.165) is 0 Å². The summed E-state index contributed by atoms with van der Waals surface area (Å²) >= 11 is 0. The second kappa shape index (κ2) is 12.6. The lowest BCUT2D eigenvalue weighted by atomic mass is 10.1. The van der Waals surface area contributed by atoms with Gasteiger partial charge in [0.1, 0.15) is 12.4 Å². The fourth-order valence-electron chi connectivity index (χ4n) is 1.96. The summed E-state index contributed by atoms with van der Waals surface area (Å²) in [6.45, 7) is 4.28. The Hall–Kier alpha value is -2.75. The Labute approximate surface area is 162 Å². The molecule has 0 atom stereocenters. The molecule has 28 heavy (non-hydrogen) atoms. The zero-order valence-corrected chi connectivity index (χ0v) is 15.8. The van der Waals surface area contributed by atoms with E-state index in [-0.39, 0.29) is 48.9 Å². The fourth-order valence-corrected chi connectivity index (χ4v) is 1.96. The van der Waals surface area contributed by atoms with E-state index in [9.17, 15) is 14.4 Å². The number of benzene rings is 1. The standard InChI is InChI=1S/C19H24O9/c1-13(14(2)27-12-11-26-10-9-25-8-7-20)18(23)28-19(24)16-6-4-3-5-15(16)17(21)22/h3-6,20H,7-12H2,1-2H3,(H,21,22). The molecular weight excluding hydrogens is 372 g/mol. The molecule has 0 unspecified atom stereocenters. The zero-order chi connectivity index (χ0) is 20.9. The van der Waals surface area contributed by atoms with Crippen LogP contribution in [0.5, 0.6) is 0 Å². The first-order valence-corrected chi connectivity index (χ1v) is 8.54. The van der Waals surface area contributed by atoms with Crippen molar-refractivity contribution in [3.8, 4) is 0 Å². The van der Waals surface area contributed by atoms with Gasteiger partial charge in [-0.25, -0.2) is 14.4 Å². The highest BCUT2D eigenvalue weighted by molar-refractivity contribution is 6.07. The highest BCUT2D eigenvalue weighted by Crippen LogP contribution is 2.13. The molecule has 1 aromatic rings. The maximum absolute atomic E-state index is 12.1. The third-order valence-electron chi connectivity index (χ3n) is 3.55. The first-order chi connectivity index (χ1) is 13.4. The molecule has 1 rings (SSSR count). The molecule has 0 aliphatic heterocycles. The number of esters is 2. The van der Waals surface area contributed by atoms with Crippen molar-refractivity contribution >= 4 is 17.9 Å². The third kappa shape index (κ3) is 7.87. The number of ether oxygens (including phenoxy) is 4. The van der Waals surface area contributed by atoms with Crippen LogP contribution in [-0.4, -0.2) is 67.8 Å². The Morgan fingerprint density at radius 1 is 0.893 bits per heavy atom. The van der Waals surface area contributed by atoms with E-state index in [4.69, 9.17) is 29.2 Å². The molecule has 0 heterocycles. The van der Waals surface area contributed by atoms with Gasteiger partial charge in [-0.1, -0.05) is 12.1 Å². The molecule has 154 valence electrons. The van der Waals surface area contributed by atoms with Crippen molar-refractivity contribution in [3.63, 3.8) is 0 Å². The summed E-state index contributed by atoms with van der Waals surface area (Å²) in [4.78, 5) is 35.3. The van der Waals surface area contributed by atoms with Gasteiger partial charge in [-0.3, -0.25) is 0 Å². The number of aliphatic hydroxyl groups excluding tert-OH is 1. The SMILES string of the molecule is CC(OCCOCCOCCO)=C(C)C(=O)OC(=O)c1ccccc1C(=O)O. The molecule has 9 nitrogen and oxygen atoms in total. The predicted octanol–water partition coefficient (Wildman–Crippen LogP) is 1.40. The molecule has 0 amide bonds. The zero-order valence-electron chi connectivity index (χ0n) is 15.8.